The van der Waals surface area contributed by atoms with E-state index in [9.17, 15) is 19.1 Å². The van der Waals surface area contributed by atoms with Crippen LogP contribution in [-0.4, -0.2) is 31.7 Å². The molecule has 6 nitrogen and oxygen atoms in total. The summed E-state index contributed by atoms with van der Waals surface area (Å²) in [7, 11) is 0. The monoisotopic (exact) mass is 389 g/mol. The molecular weight excluding hydrogens is 373 g/mol. The number of benzene rings is 1. The van der Waals surface area contributed by atoms with Gasteiger partial charge in [0.1, 0.15) is 17.6 Å². The molecule has 1 aliphatic rings. The van der Waals surface area contributed by atoms with Gasteiger partial charge in [-0.3, -0.25) is 19.6 Å². The van der Waals surface area contributed by atoms with Crippen LogP contribution in [0.15, 0.2) is 78.8 Å². The molecule has 7 heteroatoms. The first-order valence-corrected chi connectivity index (χ1v) is 8.90. The quantitative estimate of drug-likeness (QED) is 0.421. The lowest BCUT2D eigenvalue weighted by molar-refractivity contribution is -0.140. The van der Waals surface area contributed by atoms with Crippen molar-refractivity contribution >= 4 is 17.4 Å². The van der Waals surface area contributed by atoms with Gasteiger partial charge in [0.05, 0.1) is 11.3 Å². The first kappa shape index (κ1) is 18.5. The highest BCUT2D eigenvalue weighted by molar-refractivity contribution is 6.46. The van der Waals surface area contributed by atoms with Gasteiger partial charge in [-0.05, 0) is 54.1 Å². The lowest BCUT2D eigenvalue weighted by Gasteiger charge is -2.24. The molecule has 1 aliphatic heterocycles. The van der Waals surface area contributed by atoms with Gasteiger partial charge in [-0.15, -0.1) is 0 Å². The lowest BCUT2D eigenvalue weighted by atomic mass is 9.98. The Balaban J connectivity index is 1.85. The number of nitrogens with zero attached hydrogens (tertiary/aromatic N) is 3. The summed E-state index contributed by atoms with van der Waals surface area (Å²) in [5, 5.41) is 10.8. The van der Waals surface area contributed by atoms with E-state index >= 15 is 0 Å². The molecule has 0 spiro atoms. The second-order valence-electron chi connectivity index (χ2n) is 6.54. The maximum absolute atomic E-state index is 13.3. The first-order chi connectivity index (χ1) is 14.1. The molecule has 1 aromatic carbocycles. The van der Waals surface area contributed by atoms with Crippen LogP contribution in [0, 0.1) is 5.82 Å². The summed E-state index contributed by atoms with van der Waals surface area (Å²) in [6.07, 6.45) is 4.75. The zero-order valence-corrected chi connectivity index (χ0v) is 15.2. The minimum atomic E-state index is -0.866. The highest BCUT2D eigenvalue weighted by Gasteiger charge is 2.46. The van der Waals surface area contributed by atoms with Crippen molar-refractivity contribution in [1.82, 2.24) is 14.9 Å². The summed E-state index contributed by atoms with van der Waals surface area (Å²) in [6, 6.07) is 12.8. The summed E-state index contributed by atoms with van der Waals surface area (Å²) in [6.45, 7) is 0.147. The number of hydrogen-bond acceptors (Lipinski definition) is 5. The number of carbonyl (C=O) groups excluding carboxylic acids is 2. The predicted molar refractivity (Wildman–Crippen MR) is 103 cm³/mol. The molecule has 29 heavy (non-hydrogen) atoms. The minimum Gasteiger partial charge on any atom is -0.507 e. The highest BCUT2D eigenvalue weighted by Crippen LogP contribution is 2.39. The van der Waals surface area contributed by atoms with Crippen molar-refractivity contribution in [2.24, 2.45) is 0 Å². The molecule has 1 saturated heterocycles. The number of aromatic nitrogens is 2. The molecule has 2 aromatic heterocycles. The third-order valence-electron chi connectivity index (χ3n) is 4.73. The van der Waals surface area contributed by atoms with E-state index in [1.54, 1.807) is 48.9 Å². The molecule has 3 heterocycles. The van der Waals surface area contributed by atoms with Crippen LogP contribution in [0.5, 0.6) is 0 Å². The van der Waals surface area contributed by atoms with E-state index in [-0.39, 0.29) is 23.4 Å². The fourth-order valence-corrected chi connectivity index (χ4v) is 3.34. The Kier molecular flexibility index (Phi) is 4.87. The molecule has 144 valence electrons. The molecule has 0 radical (unpaired) electrons. The molecule has 0 bridgehead atoms. The normalized spacial score (nSPS) is 18.2. The number of likely N-dealkylation sites (tertiary alicyclic amines) is 1. The Morgan fingerprint density at radius 1 is 1.00 bits per heavy atom. The summed E-state index contributed by atoms with van der Waals surface area (Å²) >= 11 is 0. The van der Waals surface area contributed by atoms with Crippen LogP contribution in [0.2, 0.25) is 0 Å². The Labute approximate surface area is 166 Å². The number of hydrogen-bond donors (Lipinski definition) is 1. The van der Waals surface area contributed by atoms with Gasteiger partial charge in [0.25, 0.3) is 11.7 Å². The van der Waals surface area contributed by atoms with Crippen LogP contribution in [0.25, 0.3) is 5.76 Å². The molecule has 1 N–H and O–H groups in total. The van der Waals surface area contributed by atoms with Gasteiger partial charge in [-0.25, -0.2) is 4.39 Å². The maximum atomic E-state index is 13.3. The van der Waals surface area contributed by atoms with E-state index in [2.05, 4.69) is 9.97 Å². The Bertz CT molecular complexity index is 1080. The third kappa shape index (κ3) is 3.50. The largest absolute Gasteiger partial charge is 0.507 e. The molecule has 0 saturated carbocycles. The van der Waals surface area contributed by atoms with E-state index in [0.717, 1.165) is 5.56 Å². The smallest absolute Gasteiger partial charge is 0.296 e. The number of rotatable bonds is 4. The molecular formula is C22H16FN3O3. The molecule has 1 atom stereocenters. The average molecular weight is 389 g/mol. The van der Waals surface area contributed by atoms with Crippen molar-refractivity contribution in [2.45, 2.75) is 12.6 Å². The van der Waals surface area contributed by atoms with Crippen LogP contribution in [0.3, 0.4) is 0 Å². The van der Waals surface area contributed by atoms with E-state index in [0.29, 0.717) is 5.69 Å². The fraction of sp³-hybridized carbons (Fsp3) is 0.0909. The van der Waals surface area contributed by atoms with Gasteiger partial charge in [-0.2, -0.15) is 0 Å². The van der Waals surface area contributed by atoms with E-state index in [4.69, 9.17) is 0 Å². The molecule has 1 amide bonds. The fourth-order valence-electron chi connectivity index (χ4n) is 3.34. The van der Waals surface area contributed by atoms with Gasteiger partial charge in [-0.1, -0.05) is 6.07 Å². The van der Waals surface area contributed by atoms with Crippen molar-refractivity contribution in [2.75, 3.05) is 0 Å². The van der Waals surface area contributed by atoms with Crippen molar-refractivity contribution in [3.8, 4) is 0 Å². The van der Waals surface area contributed by atoms with Crippen LogP contribution in [0.4, 0.5) is 4.39 Å². The van der Waals surface area contributed by atoms with Crippen LogP contribution >= 0.6 is 0 Å². The second-order valence-corrected chi connectivity index (χ2v) is 6.54. The number of pyridine rings is 2. The van der Waals surface area contributed by atoms with Gasteiger partial charge in [0, 0.05) is 30.7 Å². The van der Waals surface area contributed by atoms with Gasteiger partial charge in [0.15, 0.2) is 0 Å². The van der Waals surface area contributed by atoms with Crippen LogP contribution in [0.1, 0.15) is 22.9 Å². The van der Waals surface area contributed by atoms with Crippen molar-refractivity contribution in [3.63, 3.8) is 0 Å². The Morgan fingerprint density at radius 3 is 2.38 bits per heavy atom. The third-order valence-corrected chi connectivity index (χ3v) is 4.73. The lowest BCUT2D eigenvalue weighted by Crippen LogP contribution is -2.29. The number of amides is 1. The standard InChI is InChI=1S/C22H16FN3O3/c23-16-6-4-15(5-7-16)20(27)18-19(17-3-1-2-10-25-17)26(22(29)21(18)28)13-14-8-11-24-12-9-14/h1-12,19,27H,13H2/b20-18-. The van der Waals surface area contributed by atoms with Gasteiger partial charge >= 0.3 is 0 Å². The van der Waals surface area contributed by atoms with Crippen molar-refractivity contribution in [3.05, 3.63) is 101 Å². The number of carbonyl (C=O) groups is 2. The Hall–Kier alpha value is -3.87. The summed E-state index contributed by atoms with van der Waals surface area (Å²) < 4.78 is 13.3. The minimum absolute atomic E-state index is 0.0747. The molecule has 4 rings (SSSR count). The Morgan fingerprint density at radius 2 is 1.72 bits per heavy atom. The SMILES string of the molecule is O=C1C(=O)N(Cc2ccncc2)C(c2ccccn2)/C1=C(/O)c1ccc(F)cc1. The maximum Gasteiger partial charge on any atom is 0.296 e. The number of Topliss-reactive ketones (excluding diaryl/α,β-unsaturated/α-hetero) is 1. The number of ketones is 1. The molecule has 0 aliphatic carbocycles. The van der Waals surface area contributed by atoms with E-state index in [1.807, 2.05) is 0 Å². The summed E-state index contributed by atoms with van der Waals surface area (Å²) in [5.41, 5.74) is 1.40. The zero-order chi connectivity index (χ0) is 20.4. The number of aliphatic hydroxyl groups excluding tert-OH is 1. The molecule has 1 unspecified atom stereocenters. The summed E-state index contributed by atoms with van der Waals surface area (Å²) in [4.78, 5) is 35.3. The van der Waals surface area contributed by atoms with Crippen molar-refractivity contribution < 1.29 is 19.1 Å². The number of aliphatic hydroxyl groups is 1. The topological polar surface area (TPSA) is 83.4 Å². The second kappa shape index (κ2) is 7.63. The zero-order valence-electron chi connectivity index (χ0n) is 15.2. The molecule has 3 aromatic rings. The first-order valence-electron chi connectivity index (χ1n) is 8.90. The van der Waals surface area contributed by atoms with Gasteiger partial charge < -0.3 is 10.0 Å². The highest BCUT2D eigenvalue weighted by atomic mass is 19.1. The summed E-state index contributed by atoms with van der Waals surface area (Å²) in [5.74, 6) is -2.38. The average Bonchev–Trinajstić information content (AvgIpc) is 3.00. The predicted octanol–water partition coefficient (Wildman–Crippen LogP) is 3.24. The van der Waals surface area contributed by atoms with Crippen molar-refractivity contribution in [1.29, 1.82) is 0 Å². The van der Waals surface area contributed by atoms with Gasteiger partial charge in [0.2, 0.25) is 0 Å². The van der Waals surface area contributed by atoms with E-state index < -0.39 is 23.5 Å². The molecule has 1 fully saturated rings. The van der Waals surface area contributed by atoms with Crippen LogP contribution < -0.4 is 0 Å². The number of halogens is 1. The van der Waals surface area contributed by atoms with Crippen LogP contribution in [-0.2, 0) is 16.1 Å². The van der Waals surface area contributed by atoms with E-state index in [1.165, 1.54) is 29.2 Å².